The summed E-state index contributed by atoms with van der Waals surface area (Å²) in [4.78, 5) is 27.7. The fourth-order valence-electron chi connectivity index (χ4n) is 0.0986. The number of nitrogens with zero attached hydrogens (tertiary/aromatic N) is 2. The molecule has 10 nitrogen and oxygen atoms in total. The van der Waals surface area contributed by atoms with E-state index in [1.165, 1.54) is 0 Å². The summed E-state index contributed by atoms with van der Waals surface area (Å²) in [6.45, 7) is -0.250. The molecular weight excluding hydrogens is 253 g/mol. The number of carbonyl (C=O) groups is 3. The number of carboxylic acid groups (broad SMARTS) is 1. The van der Waals surface area contributed by atoms with Crippen molar-refractivity contribution in [2.24, 2.45) is 21.7 Å². The fraction of sp³-hybridized carbons (Fsp3) is 0. The number of urea groups is 2. The van der Waals surface area contributed by atoms with Gasteiger partial charge in [0.15, 0.2) is 0 Å². The Kier molecular flexibility index (Phi) is 47.3. The van der Waals surface area contributed by atoms with Gasteiger partial charge >= 0.3 is 12.1 Å². The third-order valence-corrected chi connectivity index (χ3v) is 0.247. The van der Waals surface area contributed by atoms with E-state index in [9.17, 15) is 9.59 Å². The molecule has 11 heteroatoms. The minimum absolute atomic E-state index is 0. The summed E-state index contributed by atoms with van der Waals surface area (Å²) in [5.74, 6) is 0. The van der Waals surface area contributed by atoms with Crippen LogP contribution in [0.4, 0.5) is 9.59 Å². The van der Waals surface area contributed by atoms with Crippen molar-refractivity contribution in [3.63, 3.8) is 0 Å². The monoisotopic (exact) mass is 262 g/mol. The van der Waals surface area contributed by atoms with Crippen molar-refractivity contribution in [2.45, 2.75) is 0 Å². The first-order chi connectivity index (χ1) is 5.04. The first-order valence-electron chi connectivity index (χ1n) is 2.13. The van der Waals surface area contributed by atoms with E-state index >= 15 is 0 Å². The quantitative estimate of drug-likeness (QED) is 0.248. The van der Waals surface area contributed by atoms with Gasteiger partial charge < -0.3 is 27.5 Å². The second-order valence-corrected chi connectivity index (χ2v) is 0.982. The van der Waals surface area contributed by atoms with Crippen LogP contribution in [0.1, 0.15) is 0 Å². The van der Waals surface area contributed by atoms with Gasteiger partial charge in [-0.05, 0) is 0 Å². The molecule has 0 bridgehead atoms. The molecule has 0 rings (SSSR count). The third-order valence-electron chi connectivity index (χ3n) is 0.247. The standard InChI is InChI=1S/C2H4N4O2.CH2O2.2H2O.Zn/c3-1(7)5-6-2(4)8;2-1-3;;;/h(H2,3,7)(H2,4,8);1H,(H,2,3);2*1H2;. The molecule has 0 aliphatic rings. The Morgan fingerprint density at radius 1 is 1.07 bits per heavy atom. The number of carbonyl (C=O) groups excluding carboxylic acids is 2. The number of rotatable bonds is 0. The molecular formula is C3H10N4O6Zn. The second kappa shape index (κ2) is 22.6. The van der Waals surface area contributed by atoms with Gasteiger partial charge in [0.25, 0.3) is 6.47 Å². The maximum Gasteiger partial charge on any atom is 0.357 e. The molecule has 0 spiro atoms. The van der Waals surface area contributed by atoms with Gasteiger partial charge in [0.05, 0.1) is 0 Å². The van der Waals surface area contributed by atoms with Gasteiger partial charge in [0.1, 0.15) is 0 Å². The molecule has 0 saturated heterocycles. The van der Waals surface area contributed by atoms with E-state index in [-0.39, 0.29) is 36.9 Å². The largest absolute Gasteiger partial charge is 0.483 e. The molecule has 0 unspecified atom stereocenters. The SMILES string of the molecule is NC(=O)N=NC(N)=O.O.O.O=CO.[Zn]. The van der Waals surface area contributed by atoms with E-state index in [1.54, 1.807) is 0 Å². The minimum Gasteiger partial charge on any atom is -0.483 e. The van der Waals surface area contributed by atoms with Crippen LogP contribution in [0.25, 0.3) is 0 Å². The Labute approximate surface area is 90.7 Å². The molecule has 0 aromatic rings. The van der Waals surface area contributed by atoms with E-state index < -0.39 is 12.1 Å². The molecule has 0 saturated carbocycles. The van der Waals surface area contributed by atoms with Crippen LogP contribution in [0, 0.1) is 0 Å². The summed E-state index contributed by atoms with van der Waals surface area (Å²) >= 11 is 0. The van der Waals surface area contributed by atoms with E-state index in [2.05, 4.69) is 21.7 Å². The van der Waals surface area contributed by atoms with Crippen LogP contribution in [-0.4, -0.2) is 34.6 Å². The van der Waals surface area contributed by atoms with E-state index in [0.717, 1.165) is 0 Å². The molecule has 14 heavy (non-hydrogen) atoms. The van der Waals surface area contributed by atoms with Crippen molar-refractivity contribution >= 4 is 18.5 Å². The molecule has 0 atom stereocenters. The van der Waals surface area contributed by atoms with Gasteiger partial charge in [-0.3, -0.25) is 4.79 Å². The summed E-state index contributed by atoms with van der Waals surface area (Å²) in [5.41, 5.74) is 8.87. The van der Waals surface area contributed by atoms with Crippen molar-refractivity contribution in [1.29, 1.82) is 0 Å². The molecule has 0 aromatic carbocycles. The van der Waals surface area contributed by atoms with Crippen LogP contribution >= 0.6 is 0 Å². The van der Waals surface area contributed by atoms with Crippen molar-refractivity contribution < 1.29 is 49.9 Å². The first kappa shape index (κ1) is 29.4. The summed E-state index contributed by atoms with van der Waals surface area (Å²) in [7, 11) is 0. The van der Waals surface area contributed by atoms with Crippen LogP contribution in [0.3, 0.4) is 0 Å². The zero-order valence-electron chi connectivity index (χ0n) is 7.01. The van der Waals surface area contributed by atoms with E-state index in [0.29, 0.717) is 0 Å². The average molecular weight is 264 g/mol. The van der Waals surface area contributed by atoms with Crippen LogP contribution in [0.2, 0.25) is 0 Å². The fourth-order valence-corrected chi connectivity index (χ4v) is 0.0986. The Hall–Kier alpha value is -1.45. The maximum atomic E-state index is 9.66. The molecule has 0 aromatic heterocycles. The van der Waals surface area contributed by atoms with Gasteiger partial charge in [-0.1, -0.05) is 10.2 Å². The van der Waals surface area contributed by atoms with Gasteiger partial charge in [-0.15, -0.1) is 0 Å². The Bertz CT molecular complexity index is 168. The number of hydrogen-bond acceptors (Lipinski definition) is 3. The number of hydrogen-bond donors (Lipinski definition) is 3. The summed E-state index contributed by atoms with van der Waals surface area (Å²) in [5, 5.41) is 12.1. The van der Waals surface area contributed by atoms with Crippen LogP contribution < -0.4 is 11.5 Å². The predicted octanol–water partition coefficient (Wildman–Crippen LogP) is -2.36. The van der Waals surface area contributed by atoms with Gasteiger partial charge in [0, 0.05) is 19.5 Å². The second-order valence-electron chi connectivity index (χ2n) is 0.982. The smallest absolute Gasteiger partial charge is 0.357 e. The average Bonchev–Trinajstić information content (AvgIpc) is 1.85. The molecule has 9 N–H and O–H groups in total. The number of primary amides is 2. The number of azo groups is 1. The minimum atomic E-state index is -1.04. The zero-order chi connectivity index (χ0) is 9.28. The third kappa shape index (κ3) is 76.3. The number of amides is 4. The maximum absolute atomic E-state index is 9.66. The van der Waals surface area contributed by atoms with Crippen molar-refractivity contribution in [3.8, 4) is 0 Å². The Balaban J connectivity index is -0.0000000405. The van der Waals surface area contributed by atoms with Crippen molar-refractivity contribution in [1.82, 2.24) is 0 Å². The molecule has 0 heterocycles. The first-order valence-corrected chi connectivity index (χ1v) is 2.13. The van der Waals surface area contributed by atoms with Crippen LogP contribution in [0.15, 0.2) is 10.2 Å². The molecule has 80 valence electrons. The van der Waals surface area contributed by atoms with Gasteiger partial charge in [-0.2, -0.15) is 0 Å². The molecule has 0 radical (unpaired) electrons. The summed E-state index contributed by atoms with van der Waals surface area (Å²) in [6, 6.07) is -2.08. The zero-order valence-corrected chi connectivity index (χ0v) is 9.97. The Morgan fingerprint density at radius 3 is 1.29 bits per heavy atom. The molecule has 4 amide bonds. The number of nitrogens with two attached hydrogens (primary N) is 2. The van der Waals surface area contributed by atoms with E-state index in [1.807, 2.05) is 0 Å². The normalized spacial score (nSPS) is 6.29. The molecule has 0 aliphatic carbocycles. The van der Waals surface area contributed by atoms with Crippen LogP contribution in [0.5, 0.6) is 0 Å². The summed E-state index contributed by atoms with van der Waals surface area (Å²) in [6.07, 6.45) is 0. The van der Waals surface area contributed by atoms with Gasteiger partial charge in [0.2, 0.25) is 0 Å². The van der Waals surface area contributed by atoms with Crippen molar-refractivity contribution in [2.75, 3.05) is 0 Å². The predicted molar refractivity (Wildman–Crippen MR) is 39.9 cm³/mol. The van der Waals surface area contributed by atoms with Crippen molar-refractivity contribution in [3.05, 3.63) is 0 Å². The van der Waals surface area contributed by atoms with E-state index in [4.69, 9.17) is 9.90 Å². The molecule has 0 aliphatic heterocycles. The topological polar surface area (TPSA) is 211 Å². The van der Waals surface area contributed by atoms with Crippen LogP contribution in [-0.2, 0) is 24.3 Å². The van der Waals surface area contributed by atoms with Gasteiger partial charge in [-0.25, -0.2) is 9.59 Å². The molecule has 0 fully saturated rings. The Morgan fingerprint density at radius 2 is 1.21 bits per heavy atom. The summed E-state index contributed by atoms with van der Waals surface area (Å²) < 4.78 is 0.